The lowest BCUT2D eigenvalue weighted by Crippen LogP contribution is -1.94. The average Bonchev–Trinajstić information content (AvgIpc) is 2.50. The van der Waals surface area contributed by atoms with Crippen LogP contribution in [-0.4, -0.2) is 13.9 Å². The van der Waals surface area contributed by atoms with E-state index in [0.29, 0.717) is 6.61 Å². The van der Waals surface area contributed by atoms with Gasteiger partial charge in [-0.05, 0) is 36.6 Å². The van der Waals surface area contributed by atoms with Crippen LogP contribution in [0.3, 0.4) is 0 Å². The van der Waals surface area contributed by atoms with Gasteiger partial charge >= 0.3 is 0 Å². The topological polar surface area (TPSA) is 35.5 Å². The molecule has 0 unspecified atom stereocenters. The zero-order valence-electron chi connectivity index (χ0n) is 12.6. The number of hydrogen-bond donors (Lipinski definition) is 0. The quantitative estimate of drug-likeness (QED) is 0.348. The smallest absolute Gasteiger partial charge is 0.107 e. The molecule has 0 amide bonds. The van der Waals surface area contributed by atoms with E-state index in [1.54, 1.807) is 0 Å². The molecular weight excluding hydrogens is 252 g/mol. The predicted octanol–water partition coefficient (Wildman–Crippen LogP) is 4.28. The maximum Gasteiger partial charge on any atom is 0.107 e. The Labute approximate surface area is 122 Å². The van der Waals surface area contributed by atoms with E-state index in [-0.39, 0.29) is 0 Å². The third kappa shape index (κ3) is 7.46. The van der Waals surface area contributed by atoms with Crippen LogP contribution in [0.5, 0.6) is 0 Å². The number of carbonyl (C=O) groups is 1. The van der Waals surface area contributed by atoms with E-state index >= 15 is 0 Å². The van der Waals surface area contributed by atoms with E-state index in [1.807, 2.05) is 25.9 Å². The van der Waals surface area contributed by atoms with Gasteiger partial charge in [0, 0.05) is 0 Å². The molecule has 20 heavy (non-hydrogen) atoms. The van der Waals surface area contributed by atoms with Gasteiger partial charge in [0.25, 0.3) is 0 Å². The Bertz CT molecular complexity index is 420. The molecule has 0 radical (unpaired) electrons. The zero-order chi connectivity index (χ0) is 16.0. The van der Waals surface area contributed by atoms with E-state index in [2.05, 4.69) is 49.7 Å². The van der Waals surface area contributed by atoms with Gasteiger partial charge in [-0.1, -0.05) is 36.4 Å². The summed E-state index contributed by atoms with van der Waals surface area (Å²) in [7, 11) is 1.51. The molecule has 110 valence electrons. The Kier molecular flexibility index (Phi) is 13.7. The molecular formula is C17H24O3. The molecule has 0 fully saturated rings. The second kappa shape index (κ2) is 13.5. The Balaban J connectivity index is 0. The lowest BCUT2D eigenvalue weighted by Gasteiger charge is -2.08. The molecule has 0 aliphatic heterocycles. The number of aryl methyl sites for hydroxylation is 1. The van der Waals surface area contributed by atoms with Gasteiger partial charge in [0.15, 0.2) is 0 Å². The van der Waals surface area contributed by atoms with Crippen molar-refractivity contribution in [2.24, 2.45) is 0 Å². The molecule has 1 aromatic rings. The molecule has 0 aliphatic rings. The minimum absolute atomic E-state index is 0.458. The summed E-state index contributed by atoms with van der Waals surface area (Å²) < 4.78 is 0. The third-order valence-electron chi connectivity index (χ3n) is 2.34. The number of rotatable bonds is 5. The molecule has 1 rings (SSSR count). The van der Waals surface area contributed by atoms with Crippen LogP contribution in [0, 0.1) is 6.92 Å². The molecule has 0 spiro atoms. The summed E-state index contributed by atoms with van der Waals surface area (Å²) in [6, 6.07) is 6.30. The van der Waals surface area contributed by atoms with Gasteiger partial charge in [-0.2, -0.15) is 0 Å². The minimum atomic E-state index is 0.458. The highest BCUT2D eigenvalue weighted by Gasteiger charge is 2.01. The van der Waals surface area contributed by atoms with Crippen LogP contribution >= 0.6 is 0 Å². The Hall–Kier alpha value is -1.97. The molecule has 0 saturated heterocycles. The second-order valence-corrected chi connectivity index (χ2v) is 3.58. The maximum atomic E-state index is 8.00. The van der Waals surface area contributed by atoms with Gasteiger partial charge in [0.1, 0.15) is 13.4 Å². The van der Waals surface area contributed by atoms with Crippen molar-refractivity contribution < 1.29 is 14.6 Å². The van der Waals surface area contributed by atoms with Gasteiger partial charge < -0.3 is 4.79 Å². The summed E-state index contributed by atoms with van der Waals surface area (Å²) >= 11 is 0. The fourth-order valence-electron chi connectivity index (χ4n) is 1.64. The first-order valence-corrected chi connectivity index (χ1v) is 6.05. The van der Waals surface area contributed by atoms with Gasteiger partial charge in [0.2, 0.25) is 0 Å². The van der Waals surface area contributed by atoms with E-state index < -0.39 is 0 Å². The molecule has 3 nitrogen and oxygen atoms in total. The number of benzene rings is 1. The monoisotopic (exact) mass is 276 g/mol. The first-order valence-electron chi connectivity index (χ1n) is 6.05. The van der Waals surface area contributed by atoms with Gasteiger partial charge in [-0.3, -0.25) is 0 Å². The molecule has 0 saturated carbocycles. The van der Waals surface area contributed by atoms with Crippen LogP contribution in [0.2, 0.25) is 0 Å². The number of allylic oxidation sites excluding steroid dienone is 3. The Morgan fingerprint density at radius 1 is 1.25 bits per heavy atom. The van der Waals surface area contributed by atoms with Crippen LogP contribution < -0.4 is 0 Å². The predicted molar refractivity (Wildman–Crippen MR) is 85.2 cm³/mol. The lowest BCUT2D eigenvalue weighted by molar-refractivity contribution is -0.282. The molecule has 0 atom stereocenters. The van der Waals surface area contributed by atoms with E-state index in [1.165, 1.54) is 12.7 Å². The van der Waals surface area contributed by atoms with E-state index in [9.17, 15) is 0 Å². The standard InChI is InChI=1S/C14H18O2.C2H4.CH2O/c1-5-13(6-2)14-8-11(3)7-12(9-14)10-16-15-4;2*1-2/h5-9H,1,10H2,2-4H3;1-2H2;1H2/b13-6+;;. The molecule has 0 N–H and O–H groups in total. The van der Waals surface area contributed by atoms with Crippen LogP contribution in [-0.2, 0) is 21.2 Å². The fraction of sp³-hybridized carbons (Fsp3) is 0.235. The largest absolute Gasteiger partial charge is 0.307 e. The fourth-order valence-corrected chi connectivity index (χ4v) is 1.64. The summed E-state index contributed by atoms with van der Waals surface area (Å²) in [4.78, 5) is 17.5. The van der Waals surface area contributed by atoms with Crippen molar-refractivity contribution in [2.45, 2.75) is 20.5 Å². The van der Waals surface area contributed by atoms with Crippen molar-refractivity contribution in [3.8, 4) is 0 Å². The van der Waals surface area contributed by atoms with Gasteiger partial charge in [-0.25, -0.2) is 9.78 Å². The molecule has 0 bridgehead atoms. The summed E-state index contributed by atoms with van der Waals surface area (Å²) in [5.74, 6) is 0. The van der Waals surface area contributed by atoms with Crippen molar-refractivity contribution >= 4 is 12.4 Å². The SMILES string of the molecule is C=C.C=C/C(=C\C)c1cc(C)cc(COOC)c1.C=O. The summed E-state index contributed by atoms with van der Waals surface area (Å²) in [5, 5.41) is 0. The van der Waals surface area contributed by atoms with E-state index in [0.717, 1.165) is 16.7 Å². The van der Waals surface area contributed by atoms with Crippen LogP contribution in [0.1, 0.15) is 23.6 Å². The first kappa shape index (κ1) is 20.3. The summed E-state index contributed by atoms with van der Waals surface area (Å²) in [6.07, 6.45) is 3.90. The van der Waals surface area contributed by atoms with Gasteiger partial charge in [-0.15, -0.1) is 13.2 Å². The maximum absolute atomic E-state index is 8.00. The molecule has 0 heterocycles. The summed E-state index contributed by atoms with van der Waals surface area (Å²) in [6.45, 7) is 16.3. The third-order valence-corrected chi connectivity index (χ3v) is 2.34. The van der Waals surface area contributed by atoms with Crippen LogP contribution in [0.25, 0.3) is 5.57 Å². The average molecular weight is 276 g/mol. The van der Waals surface area contributed by atoms with Crippen molar-refractivity contribution in [3.63, 3.8) is 0 Å². The Morgan fingerprint density at radius 3 is 2.30 bits per heavy atom. The van der Waals surface area contributed by atoms with E-state index in [4.69, 9.17) is 9.68 Å². The first-order chi connectivity index (χ1) is 9.71. The van der Waals surface area contributed by atoms with Gasteiger partial charge in [0.05, 0.1) is 7.11 Å². The van der Waals surface area contributed by atoms with Crippen molar-refractivity contribution in [2.75, 3.05) is 7.11 Å². The summed E-state index contributed by atoms with van der Waals surface area (Å²) in [5.41, 5.74) is 4.58. The van der Waals surface area contributed by atoms with Crippen LogP contribution in [0.4, 0.5) is 0 Å². The lowest BCUT2D eigenvalue weighted by atomic mass is 10.0. The van der Waals surface area contributed by atoms with Crippen LogP contribution in [0.15, 0.2) is 50.1 Å². The zero-order valence-corrected chi connectivity index (χ0v) is 12.6. The Morgan fingerprint density at radius 2 is 1.85 bits per heavy atom. The molecule has 1 aromatic carbocycles. The molecule has 0 aromatic heterocycles. The van der Waals surface area contributed by atoms with Crippen molar-refractivity contribution in [3.05, 3.63) is 66.8 Å². The second-order valence-electron chi connectivity index (χ2n) is 3.58. The highest BCUT2D eigenvalue weighted by atomic mass is 17.2. The molecule has 0 aliphatic carbocycles. The normalized spacial score (nSPS) is 9.65. The van der Waals surface area contributed by atoms with Crippen molar-refractivity contribution in [1.82, 2.24) is 0 Å². The highest BCUT2D eigenvalue weighted by Crippen LogP contribution is 2.19. The van der Waals surface area contributed by atoms with Crippen molar-refractivity contribution in [1.29, 1.82) is 0 Å². The molecule has 3 heteroatoms. The minimum Gasteiger partial charge on any atom is -0.307 e. The number of hydrogen-bond acceptors (Lipinski definition) is 3. The highest BCUT2D eigenvalue weighted by molar-refractivity contribution is 5.73. The number of carbonyl (C=O) groups excluding carboxylic acids is 1.